The summed E-state index contributed by atoms with van der Waals surface area (Å²) in [6, 6.07) is 7.71. The molecular formula is C26H20F4N4O3. The van der Waals surface area contributed by atoms with Crippen molar-refractivity contribution in [3.8, 4) is 11.4 Å². The highest BCUT2D eigenvalue weighted by Crippen LogP contribution is 2.38. The van der Waals surface area contributed by atoms with Crippen LogP contribution in [0.1, 0.15) is 59.5 Å². The highest BCUT2D eigenvalue weighted by atomic mass is 19.3. The zero-order valence-electron chi connectivity index (χ0n) is 19.3. The van der Waals surface area contributed by atoms with Gasteiger partial charge in [-0.05, 0) is 42.7 Å². The van der Waals surface area contributed by atoms with Crippen molar-refractivity contribution >= 4 is 5.65 Å². The molecule has 2 aliphatic rings. The summed E-state index contributed by atoms with van der Waals surface area (Å²) in [5.74, 6) is -1.82. The maximum absolute atomic E-state index is 14.9. The van der Waals surface area contributed by atoms with Crippen LogP contribution >= 0.6 is 0 Å². The number of aromatic nitrogens is 4. The van der Waals surface area contributed by atoms with E-state index in [1.807, 2.05) is 0 Å². The lowest BCUT2D eigenvalue weighted by atomic mass is 9.89. The summed E-state index contributed by atoms with van der Waals surface area (Å²) in [4.78, 5) is 26.3. The van der Waals surface area contributed by atoms with Crippen LogP contribution in [-0.4, -0.2) is 26.0 Å². The smallest absolute Gasteiger partial charge is 0.280 e. The zero-order chi connectivity index (χ0) is 25.7. The Bertz CT molecular complexity index is 1580. The number of nitrogens with zero attached hydrogens (tertiary/aromatic N) is 4. The van der Waals surface area contributed by atoms with Gasteiger partial charge in [-0.3, -0.25) is 9.78 Å². The molecule has 0 spiro atoms. The first-order valence-corrected chi connectivity index (χ1v) is 11.7. The second-order valence-electron chi connectivity index (χ2n) is 9.05. The van der Waals surface area contributed by atoms with Crippen molar-refractivity contribution in [2.24, 2.45) is 0 Å². The van der Waals surface area contributed by atoms with Crippen molar-refractivity contribution in [2.75, 3.05) is 6.61 Å². The van der Waals surface area contributed by atoms with Crippen molar-refractivity contribution in [3.05, 3.63) is 92.8 Å². The van der Waals surface area contributed by atoms with Crippen LogP contribution in [-0.2, 0) is 22.7 Å². The molecule has 11 heteroatoms. The molecule has 1 aromatic carbocycles. The van der Waals surface area contributed by atoms with E-state index < -0.39 is 29.7 Å². The average Bonchev–Trinajstić information content (AvgIpc) is 3.37. The Morgan fingerprint density at radius 2 is 1.92 bits per heavy atom. The van der Waals surface area contributed by atoms with Gasteiger partial charge >= 0.3 is 0 Å². The van der Waals surface area contributed by atoms with Gasteiger partial charge < -0.3 is 9.47 Å². The largest absolute Gasteiger partial charge is 0.373 e. The van der Waals surface area contributed by atoms with E-state index >= 15 is 0 Å². The van der Waals surface area contributed by atoms with Gasteiger partial charge in [0, 0.05) is 36.5 Å². The second kappa shape index (κ2) is 9.31. The number of pyridine rings is 1. The number of hydrogen-bond acceptors (Lipinski definition) is 6. The fourth-order valence-corrected chi connectivity index (χ4v) is 4.91. The molecular weight excluding hydrogens is 492 g/mol. The van der Waals surface area contributed by atoms with Crippen LogP contribution in [0.2, 0.25) is 0 Å². The summed E-state index contributed by atoms with van der Waals surface area (Å²) in [5.41, 5.74) is 1.46. The standard InChI is InChI=1S/C26H20F4N4O3/c27-15-1-2-16(18(28)9-15)25-33-19(10-23-32-21-12-36-11-17(21)26(35)34(23)25)13-4-6-37-22(8-13)14-3-5-31-20(7-14)24(29)30/h1-3,5,7,9-10,13,22,24H,4,6,8,11-12H2/t13-,22+/m0/s1. The van der Waals surface area contributed by atoms with E-state index in [4.69, 9.17) is 9.47 Å². The van der Waals surface area contributed by atoms with Crippen LogP contribution in [0.5, 0.6) is 0 Å². The third-order valence-electron chi connectivity index (χ3n) is 6.77. The predicted molar refractivity (Wildman–Crippen MR) is 123 cm³/mol. The summed E-state index contributed by atoms with van der Waals surface area (Å²) in [6.45, 7) is 0.616. The lowest BCUT2D eigenvalue weighted by Crippen LogP contribution is -2.25. The summed E-state index contributed by atoms with van der Waals surface area (Å²) >= 11 is 0. The molecule has 0 bridgehead atoms. The Labute approximate surface area is 207 Å². The molecule has 190 valence electrons. The van der Waals surface area contributed by atoms with E-state index in [0.717, 1.165) is 12.1 Å². The first-order chi connectivity index (χ1) is 17.9. The van der Waals surface area contributed by atoms with Crippen molar-refractivity contribution < 1.29 is 27.0 Å². The van der Waals surface area contributed by atoms with E-state index in [-0.39, 0.29) is 41.9 Å². The lowest BCUT2D eigenvalue weighted by molar-refractivity contribution is 0.00439. The topological polar surface area (TPSA) is 78.6 Å². The molecule has 37 heavy (non-hydrogen) atoms. The van der Waals surface area contributed by atoms with Crippen molar-refractivity contribution in [1.82, 2.24) is 19.4 Å². The number of fused-ring (bicyclic) bond motifs is 2. The molecule has 0 saturated carbocycles. The highest BCUT2D eigenvalue weighted by molar-refractivity contribution is 5.61. The van der Waals surface area contributed by atoms with Crippen LogP contribution in [0.25, 0.3) is 17.0 Å². The summed E-state index contributed by atoms with van der Waals surface area (Å²) in [5, 5.41) is 0. The average molecular weight is 512 g/mol. The highest BCUT2D eigenvalue weighted by Gasteiger charge is 2.29. The quantitative estimate of drug-likeness (QED) is 0.357. The molecule has 3 aromatic heterocycles. The number of ether oxygens (including phenoxy) is 2. The number of alkyl halides is 2. The van der Waals surface area contributed by atoms with Crippen molar-refractivity contribution in [1.29, 1.82) is 0 Å². The van der Waals surface area contributed by atoms with Crippen LogP contribution in [0.3, 0.4) is 0 Å². The van der Waals surface area contributed by atoms with Crippen molar-refractivity contribution in [2.45, 2.75) is 44.5 Å². The van der Waals surface area contributed by atoms with Gasteiger partial charge in [-0.2, -0.15) is 0 Å². The molecule has 0 N–H and O–H groups in total. The number of hydrogen-bond donors (Lipinski definition) is 0. The molecule has 0 amide bonds. The van der Waals surface area contributed by atoms with Crippen LogP contribution in [0, 0.1) is 11.6 Å². The van der Waals surface area contributed by atoms with Crippen LogP contribution in [0.15, 0.2) is 47.4 Å². The number of rotatable bonds is 4. The van der Waals surface area contributed by atoms with Crippen LogP contribution < -0.4 is 5.56 Å². The number of benzene rings is 1. The Morgan fingerprint density at radius 1 is 1.05 bits per heavy atom. The van der Waals surface area contributed by atoms with Crippen molar-refractivity contribution in [3.63, 3.8) is 0 Å². The minimum absolute atomic E-state index is 0.00383. The predicted octanol–water partition coefficient (Wildman–Crippen LogP) is 5.03. The fraction of sp³-hybridized carbons (Fsp3) is 0.308. The summed E-state index contributed by atoms with van der Waals surface area (Å²) < 4.78 is 67.4. The third kappa shape index (κ3) is 4.27. The SMILES string of the molecule is O=c1c2c(nc3cc([C@H]4CCO[C@@H](c5ccnc(C(F)F)c5)C4)nc(-c4ccc(F)cc4F)n13)COC2. The molecule has 1 fully saturated rings. The Kier molecular flexibility index (Phi) is 5.96. The molecule has 5 heterocycles. The lowest BCUT2D eigenvalue weighted by Gasteiger charge is -2.30. The minimum Gasteiger partial charge on any atom is -0.373 e. The molecule has 7 nitrogen and oxygen atoms in total. The van der Waals surface area contributed by atoms with Gasteiger partial charge in [0.05, 0.1) is 36.1 Å². The Balaban J connectivity index is 1.47. The van der Waals surface area contributed by atoms with Gasteiger partial charge in [-0.25, -0.2) is 31.9 Å². The molecule has 2 atom stereocenters. The Morgan fingerprint density at radius 3 is 2.73 bits per heavy atom. The zero-order valence-corrected chi connectivity index (χ0v) is 19.3. The molecule has 0 radical (unpaired) electrons. The normalized spacial score (nSPS) is 19.5. The molecule has 2 aliphatic heterocycles. The maximum Gasteiger partial charge on any atom is 0.280 e. The van der Waals surface area contributed by atoms with Gasteiger partial charge in [0.15, 0.2) is 5.82 Å². The second-order valence-corrected chi connectivity index (χ2v) is 9.05. The molecule has 6 rings (SSSR count). The van der Waals surface area contributed by atoms with Gasteiger partial charge in [0.1, 0.15) is 23.0 Å². The van der Waals surface area contributed by atoms with Gasteiger partial charge in [-0.1, -0.05) is 0 Å². The summed E-state index contributed by atoms with van der Waals surface area (Å²) in [6.07, 6.45) is -0.876. The molecule has 1 saturated heterocycles. The fourth-order valence-electron chi connectivity index (χ4n) is 4.91. The monoisotopic (exact) mass is 512 g/mol. The molecule has 4 aromatic rings. The van der Waals surface area contributed by atoms with Crippen LogP contribution in [0.4, 0.5) is 17.6 Å². The first-order valence-electron chi connectivity index (χ1n) is 11.7. The first kappa shape index (κ1) is 23.7. The Hall–Kier alpha value is -3.70. The van der Waals surface area contributed by atoms with E-state index in [0.29, 0.717) is 42.0 Å². The van der Waals surface area contributed by atoms with Gasteiger partial charge in [0.25, 0.3) is 12.0 Å². The molecule has 0 unspecified atom stereocenters. The van der Waals surface area contributed by atoms with Gasteiger partial charge in [-0.15, -0.1) is 0 Å². The van der Waals surface area contributed by atoms with E-state index in [1.165, 1.54) is 22.7 Å². The van der Waals surface area contributed by atoms with E-state index in [9.17, 15) is 22.4 Å². The third-order valence-corrected chi connectivity index (χ3v) is 6.77. The molecule has 0 aliphatic carbocycles. The number of halogens is 4. The van der Waals surface area contributed by atoms with Gasteiger partial charge in [0.2, 0.25) is 0 Å². The van der Waals surface area contributed by atoms with E-state index in [2.05, 4.69) is 15.0 Å². The maximum atomic E-state index is 14.9. The summed E-state index contributed by atoms with van der Waals surface area (Å²) in [7, 11) is 0. The van der Waals surface area contributed by atoms with E-state index in [1.54, 1.807) is 12.1 Å². The minimum atomic E-state index is -2.70.